The van der Waals surface area contributed by atoms with Gasteiger partial charge in [0.25, 0.3) is 5.91 Å². The molecule has 3 aromatic rings. The number of benzene rings is 1. The van der Waals surface area contributed by atoms with E-state index in [4.69, 9.17) is 0 Å². The average Bonchev–Trinajstić information content (AvgIpc) is 2.69. The minimum Gasteiger partial charge on any atom is -0.368 e. The molecule has 6 heteroatoms. The number of likely N-dealkylation sites (N-methyl/N-ethyl adjacent to an activating group) is 1. The van der Waals surface area contributed by atoms with Crippen LogP contribution >= 0.6 is 0 Å². The lowest BCUT2D eigenvalue weighted by molar-refractivity contribution is 0.102. The van der Waals surface area contributed by atoms with Gasteiger partial charge in [-0.05, 0) is 30.6 Å². The highest BCUT2D eigenvalue weighted by Gasteiger charge is 2.15. The molecule has 1 aliphatic rings. The highest BCUT2D eigenvalue weighted by atomic mass is 16.1. The molecule has 6 nitrogen and oxygen atoms in total. The van der Waals surface area contributed by atoms with E-state index in [-0.39, 0.29) is 5.91 Å². The van der Waals surface area contributed by atoms with Gasteiger partial charge in [-0.3, -0.25) is 9.78 Å². The number of nitrogens with zero attached hydrogens (tertiary/aromatic N) is 4. The van der Waals surface area contributed by atoms with Crippen molar-refractivity contribution in [2.75, 3.05) is 43.4 Å². The Bertz CT molecular complexity index is 912. The van der Waals surface area contributed by atoms with Gasteiger partial charge in [0.2, 0.25) is 0 Å². The fourth-order valence-electron chi connectivity index (χ4n) is 3.19. The van der Waals surface area contributed by atoms with Crippen LogP contribution in [-0.2, 0) is 0 Å². The van der Waals surface area contributed by atoms with E-state index in [0.717, 1.165) is 42.6 Å². The first kappa shape index (κ1) is 16.5. The molecule has 0 saturated carbocycles. The predicted octanol–water partition coefficient (Wildman–Crippen LogP) is 2.63. The number of carbonyl (C=O) groups excluding carboxylic acids is 1. The van der Waals surface area contributed by atoms with Crippen LogP contribution in [0, 0.1) is 0 Å². The van der Waals surface area contributed by atoms with Crippen molar-refractivity contribution in [3.05, 3.63) is 60.6 Å². The number of hydrogen-bond donors (Lipinski definition) is 1. The van der Waals surface area contributed by atoms with E-state index in [0.29, 0.717) is 11.5 Å². The van der Waals surface area contributed by atoms with Crippen molar-refractivity contribution in [3.63, 3.8) is 0 Å². The fraction of sp³-hybridized carbons (Fsp3) is 0.250. The maximum Gasteiger partial charge on any atom is 0.276 e. The second-order valence-electron chi connectivity index (χ2n) is 6.53. The van der Waals surface area contributed by atoms with Gasteiger partial charge in [-0.2, -0.15) is 0 Å². The lowest BCUT2D eigenvalue weighted by atomic mass is 10.1. The van der Waals surface area contributed by atoms with Crippen LogP contribution in [0.2, 0.25) is 0 Å². The molecule has 3 heterocycles. The number of hydrogen-bond acceptors (Lipinski definition) is 5. The number of amides is 1. The zero-order chi connectivity index (χ0) is 17.9. The standard InChI is InChI=1S/C20H21N5O/c1-24-10-12-25(13-11-24)16-6-7-18(22-14-16)23-20(26)19-17-5-3-2-4-15(17)8-9-21-19/h2-9,14H,10-13H2,1H3,(H,22,23,26). The number of aromatic nitrogens is 2. The third-order valence-corrected chi connectivity index (χ3v) is 4.75. The van der Waals surface area contributed by atoms with Crippen LogP contribution in [0.3, 0.4) is 0 Å². The van der Waals surface area contributed by atoms with Crippen LogP contribution in [0.4, 0.5) is 11.5 Å². The van der Waals surface area contributed by atoms with Crippen LogP contribution in [0.1, 0.15) is 10.5 Å². The van der Waals surface area contributed by atoms with Gasteiger partial charge >= 0.3 is 0 Å². The van der Waals surface area contributed by atoms with Crippen LogP contribution in [0.15, 0.2) is 54.9 Å². The van der Waals surface area contributed by atoms with Crippen LogP contribution in [-0.4, -0.2) is 54.0 Å². The molecular weight excluding hydrogens is 326 g/mol. The van der Waals surface area contributed by atoms with E-state index in [9.17, 15) is 4.79 Å². The fourth-order valence-corrected chi connectivity index (χ4v) is 3.19. The molecule has 2 aromatic heterocycles. The second-order valence-corrected chi connectivity index (χ2v) is 6.53. The number of rotatable bonds is 3. The van der Waals surface area contributed by atoms with Crippen molar-refractivity contribution in [1.29, 1.82) is 0 Å². The molecule has 26 heavy (non-hydrogen) atoms. The molecule has 1 N–H and O–H groups in total. The monoisotopic (exact) mass is 347 g/mol. The van der Waals surface area contributed by atoms with E-state index in [2.05, 4.69) is 32.1 Å². The Morgan fingerprint density at radius 3 is 2.58 bits per heavy atom. The summed E-state index contributed by atoms with van der Waals surface area (Å²) in [6, 6.07) is 13.5. The molecule has 0 unspecified atom stereocenters. The van der Waals surface area contributed by atoms with Crippen LogP contribution in [0.5, 0.6) is 0 Å². The number of fused-ring (bicyclic) bond motifs is 1. The summed E-state index contributed by atoms with van der Waals surface area (Å²) in [6.45, 7) is 4.07. The molecule has 1 fully saturated rings. The average molecular weight is 347 g/mol. The Hall–Kier alpha value is -2.99. The van der Waals surface area contributed by atoms with Crippen LogP contribution < -0.4 is 10.2 Å². The lowest BCUT2D eigenvalue weighted by Gasteiger charge is -2.33. The summed E-state index contributed by atoms with van der Waals surface area (Å²) in [5.41, 5.74) is 1.49. The Morgan fingerprint density at radius 2 is 1.81 bits per heavy atom. The highest BCUT2D eigenvalue weighted by Crippen LogP contribution is 2.19. The lowest BCUT2D eigenvalue weighted by Crippen LogP contribution is -2.44. The Morgan fingerprint density at radius 1 is 1.00 bits per heavy atom. The molecule has 1 saturated heterocycles. The van der Waals surface area contributed by atoms with E-state index >= 15 is 0 Å². The van der Waals surface area contributed by atoms with Crippen molar-refractivity contribution >= 4 is 28.2 Å². The molecular formula is C20H21N5O. The molecule has 1 amide bonds. The molecule has 1 aliphatic heterocycles. The first-order chi connectivity index (χ1) is 12.7. The smallest absolute Gasteiger partial charge is 0.276 e. The van der Waals surface area contributed by atoms with E-state index in [1.807, 2.05) is 48.7 Å². The van der Waals surface area contributed by atoms with Gasteiger partial charge in [-0.1, -0.05) is 24.3 Å². The number of pyridine rings is 2. The molecule has 4 rings (SSSR count). The van der Waals surface area contributed by atoms with E-state index in [1.54, 1.807) is 6.20 Å². The Kier molecular flexibility index (Phi) is 4.50. The quantitative estimate of drug-likeness (QED) is 0.789. The van der Waals surface area contributed by atoms with Gasteiger partial charge in [0.15, 0.2) is 0 Å². The van der Waals surface area contributed by atoms with Gasteiger partial charge in [0, 0.05) is 37.8 Å². The van der Waals surface area contributed by atoms with Crippen molar-refractivity contribution in [2.45, 2.75) is 0 Å². The maximum absolute atomic E-state index is 12.6. The van der Waals surface area contributed by atoms with E-state index in [1.165, 1.54) is 0 Å². The van der Waals surface area contributed by atoms with Gasteiger partial charge in [0.1, 0.15) is 11.5 Å². The Balaban J connectivity index is 1.49. The summed E-state index contributed by atoms with van der Waals surface area (Å²) in [6.07, 6.45) is 3.47. The molecule has 1 aromatic carbocycles. The molecule has 0 atom stereocenters. The number of nitrogens with one attached hydrogen (secondary N) is 1. The summed E-state index contributed by atoms with van der Waals surface area (Å²) >= 11 is 0. The number of piperazine rings is 1. The van der Waals surface area contributed by atoms with Gasteiger partial charge in [0.05, 0.1) is 11.9 Å². The molecule has 0 aliphatic carbocycles. The number of carbonyl (C=O) groups is 1. The third-order valence-electron chi connectivity index (χ3n) is 4.75. The topological polar surface area (TPSA) is 61.4 Å². The summed E-state index contributed by atoms with van der Waals surface area (Å²) < 4.78 is 0. The van der Waals surface area contributed by atoms with Gasteiger partial charge in [-0.15, -0.1) is 0 Å². The maximum atomic E-state index is 12.6. The SMILES string of the molecule is CN1CCN(c2ccc(NC(=O)c3nccc4ccccc34)nc2)CC1. The summed E-state index contributed by atoms with van der Waals surface area (Å²) in [7, 11) is 2.13. The van der Waals surface area contributed by atoms with Crippen LogP contribution in [0.25, 0.3) is 10.8 Å². The molecule has 0 bridgehead atoms. The largest absolute Gasteiger partial charge is 0.368 e. The highest BCUT2D eigenvalue weighted by molar-refractivity contribution is 6.11. The van der Waals surface area contributed by atoms with Crippen molar-refractivity contribution in [3.8, 4) is 0 Å². The van der Waals surface area contributed by atoms with Gasteiger partial charge < -0.3 is 15.1 Å². The molecule has 0 spiro atoms. The predicted molar refractivity (Wildman–Crippen MR) is 104 cm³/mol. The molecule has 132 valence electrons. The normalized spacial score (nSPS) is 15.2. The minimum absolute atomic E-state index is 0.248. The van der Waals surface area contributed by atoms with E-state index < -0.39 is 0 Å². The van der Waals surface area contributed by atoms with Crippen molar-refractivity contribution in [1.82, 2.24) is 14.9 Å². The summed E-state index contributed by atoms with van der Waals surface area (Å²) in [5.74, 6) is 0.282. The Labute approximate surface area is 152 Å². The van der Waals surface area contributed by atoms with Crippen molar-refractivity contribution < 1.29 is 4.79 Å². The second kappa shape index (κ2) is 7.09. The zero-order valence-electron chi connectivity index (χ0n) is 14.7. The number of anilines is 2. The summed E-state index contributed by atoms with van der Waals surface area (Å²) in [5, 5.41) is 4.67. The molecule has 0 radical (unpaired) electrons. The zero-order valence-corrected chi connectivity index (χ0v) is 14.7. The van der Waals surface area contributed by atoms with Gasteiger partial charge in [-0.25, -0.2) is 4.98 Å². The van der Waals surface area contributed by atoms with Crippen molar-refractivity contribution in [2.24, 2.45) is 0 Å². The first-order valence-corrected chi connectivity index (χ1v) is 8.75. The minimum atomic E-state index is -0.248. The first-order valence-electron chi connectivity index (χ1n) is 8.75. The third kappa shape index (κ3) is 3.36. The summed E-state index contributed by atoms with van der Waals surface area (Å²) in [4.78, 5) is 25.9.